The molecule has 2 aromatic heterocycles. The lowest BCUT2D eigenvalue weighted by Gasteiger charge is -2.35. The van der Waals surface area contributed by atoms with E-state index in [1.54, 1.807) is 11.8 Å². The molecular weight excluding hydrogens is 356 g/mol. The van der Waals surface area contributed by atoms with Crippen LogP contribution in [0.2, 0.25) is 0 Å². The fourth-order valence-corrected chi connectivity index (χ4v) is 3.73. The predicted octanol–water partition coefficient (Wildman–Crippen LogP) is 4.09. The second kappa shape index (κ2) is 8.15. The minimum Gasteiger partial charge on any atom is -0.441 e. The summed E-state index contributed by atoms with van der Waals surface area (Å²) < 4.78 is 5.94. The molecule has 5 nitrogen and oxygen atoms in total. The van der Waals surface area contributed by atoms with Crippen molar-refractivity contribution in [3.8, 4) is 11.5 Å². The van der Waals surface area contributed by atoms with Crippen molar-refractivity contribution in [1.29, 1.82) is 0 Å². The highest BCUT2D eigenvalue weighted by Gasteiger charge is 2.20. The number of thioether (sulfide) groups is 1. The van der Waals surface area contributed by atoms with Crippen LogP contribution >= 0.6 is 11.8 Å². The molecule has 0 unspecified atom stereocenters. The smallest absolute Gasteiger partial charge is 0.226 e. The molecule has 3 heterocycles. The maximum atomic E-state index is 5.94. The molecule has 27 heavy (non-hydrogen) atoms. The van der Waals surface area contributed by atoms with E-state index in [2.05, 4.69) is 51.4 Å². The minimum absolute atomic E-state index is 0.710. The van der Waals surface area contributed by atoms with Crippen molar-refractivity contribution >= 4 is 17.6 Å². The molecule has 1 aliphatic heterocycles. The molecule has 3 aromatic rings. The average Bonchev–Trinajstić information content (AvgIpc) is 3.09. The van der Waals surface area contributed by atoms with Crippen LogP contribution in [0, 0.1) is 6.92 Å². The van der Waals surface area contributed by atoms with Crippen LogP contribution in [0.5, 0.6) is 0 Å². The van der Waals surface area contributed by atoms with Gasteiger partial charge in [0, 0.05) is 49.4 Å². The van der Waals surface area contributed by atoms with Gasteiger partial charge >= 0.3 is 0 Å². The Morgan fingerprint density at radius 3 is 2.48 bits per heavy atom. The fourth-order valence-electron chi connectivity index (χ4n) is 3.32. The summed E-state index contributed by atoms with van der Waals surface area (Å²) in [5.41, 5.74) is 2.06. The first-order valence-electron chi connectivity index (χ1n) is 9.22. The molecule has 1 fully saturated rings. The Kier molecular flexibility index (Phi) is 5.45. The third kappa shape index (κ3) is 4.17. The molecule has 0 radical (unpaired) electrons. The van der Waals surface area contributed by atoms with E-state index in [9.17, 15) is 0 Å². The predicted molar refractivity (Wildman–Crippen MR) is 110 cm³/mol. The first-order chi connectivity index (χ1) is 13.2. The lowest BCUT2D eigenvalue weighted by atomic mass is 10.2. The zero-order valence-corrected chi connectivity index (χ0v) is 16.6. The zero-order chi connectivity index (χ0) is 18.6. The van der Waals surface area contributed by atoms with Crippen LogP contribution in [0.15, 0.2) is 58.0 Å². The van der Waals surface area contributed by atoms with Crippen molar-refractivity contribution in [3.05, 3.63) is 60.1 Å². The molecule has 0 atom stereocenters. The van der Waals surface area contributed by atoms with E-state index in [1.807, 2.05) is 25.3 Å². The van der Waals surface area contributed by atoms with Gasteiger partial charge in [-0.3, -0.25) is 4.90 Å². The third-order valence-corrected chi connectivity index (χ3v) is 5.69. The Labute approximate surface area is 164 Å². The number of oxazole rings is 1. The maximum absolute atomic E-state index is 5.94. The third-order valence-electron chi connectivity index (χ3n) is 4.95. The highest BCUT2D eigenvalue weighted by atomic mass is 32.2. The summed E-state index contributed by atoms with van der Waals surface area (Å²) in [5.74, 6) is 2.68. The molecular formula is C21H24N4OS. The van der Waals surface area contributed by atoms with Gasteiger partial charge in [0.05, 0.1) is 5.69 Å². The number of nitrogens with zero attached hydrogens (tertiary/aromatic N) is 4. The summed E-state index contributed by atoms with van der Waals surface area (Å²) in [5, 5.41) is 0. The number of anilines is 1. The van der Waals surface area contributed by atoms with Gasteiger partial charge in [-0.15, -0.1) is 11.8 Å². The number of hydrogen-bond acceptors (Lipinski definition) is 6. The molecule has 0 aliphatic carbocycles. The summed E-state index contributed by atoms with van der Waals surface area (Å²) in [4.78, 5) is 15.2. The highest BCUT2D eigenvalue weighted by Crippen LogP contribution is 2.25. The van der Waals surface area contributed by atoms with Crippen LogP contribution in [0.4, 0.5) is 5.82 Å². The lowest BCUT2D eigenvalue weighted by Crippen LogP contribution is -2.46. The first-order valence-corrected chi connectivity index (χ1v) is 10.4. The van der Waals surface area contributed by atoms with Gasteiger partial charge in [0.15, 0.2) is 0 Å². The fraction of sp³-hybridized carbons (Fsp3) is 0.333. The van der Waals surface area contributed by atoms with Crippen LogP contribution < -0.4 is 4.90 Å². The minimum atomic E-state index is 0.710. The van der Waals surface area contributed by atoms with E-state index in [0.717, 1.165) is 55.6 Å². The monoisotopic (exact) mass is 380 g/mol. The van der Waals surface area contributed by atoms with Crippen LogP contribution in [-0.2, 0) is 6.54 Å². The van der Waals surface area contributed by atoms with Gasteiger partial charge in [-0.25, -0.2) is 9.97 Å². The average molecular weight is 381 g/mol. The van der Waals surface area contributed by atoms with Gasteiger partial charge in [0.2, 0.25) is 5.89 Å². The Morgan fingerprint density at radius 1 is 1.04 bits per heavy atom. The SMILES string of the molecule is CSc1ccc(-c2nc(CN3CCN(c4ccccn4)CC3)c(C)o2)cc1. The quantitative estimate of drug-likeness (QED) is 0.621. The number of piperazine rings is 1. The Bertz CT molecular complexity index is 871. The Morgan fingerprint density at radius 2 is 1.81 bits per heavy atom. The van der Waals surface area contributed by atoms with Crippen molar-refractivity contribution in [2.75, 3.05) is 37.3 Å². The van der Waals surface area contributed by atoms with Crippen LogP contribution in [0.3, 0.4) is 0 Å². The zero-order valence-electron chi connectivity index (χ0n) is 15.8. The molecule has 1 aromatic carbocycles. The van der Waals surface area contributed by atoms with Gasteiger partial charge in [0.1, 0.15) is 11.6 Å². The number of rotatable bonds is 5. The van der Waals surface area contributed by atoms with E-state index in [4.69, 9.17) is 9.40 Å². The van der Waals surface area contributed by atoms with Crippen LogP contribution in [-0.4, -0.2) is 47.3 Å². The van der Waals surface area contributed by atoms with Crippen molar-refractivity contribution in [2.45, 2.75) is 18.4 Å². The van der Waals surface area contributed by atoms with Crippen molar-refractivity contribution in [3.63, 3.8) is 0 Å². The molecule has 0 bridgehead atoms. The molecule has 0 amide bonds. The normalized spacial score (nSPS) is 15.3. The van der Waals surface area contributed by atoms with Crippen molar-refractivity contribution in [1.82, 2.24) is 14.9 Å². The summed E-state index contributed by atoms with van der Waals surface area (Å²) in [6.07, 6.45) is 3.93. The van der Waals surface area contributed by atoms with Crippen LogP contribution in [0.1, 0.15) is 11.5 Å². The van der Waals surface area contributed by atoms with E-state index in [0.29, 0.717) is 5.89 Å². The van der Waals surface area contributed by atoms with E-state index >= 15 is 0 Å². The Balaban J connectivity index is 1.39. The van der Waals surface area contributed by atoms with Gasteiger partial charge < -0.3 is 9.32 Å². The molecule has 0 N–H and O–H groups in total. The molecule has 0 spiro atoms. The molecule has 0 saturated carbocycles. The standard InChI is InChI=1S/C21H24N4OS/c1-16-19(23-21(26-16)17-6-8-18(27-2)9-7-17)15-24-11-13-25(14-12-24)20-5-3-4-10-22-20/h3-10H,11-15H2,1-2H3. The Hall–Kier alpha value is -2.31. The number of hydrogen-bond donors (Lipinski definition) is 0. The molecule has 140 valence electrons. The maximum Gasteiger partial charge on any atom is 0.226 e. The van der Waals surface area contributed by atoms with Crippen LogP contribution in [0.25, 0.3) is 11.5 Å². The van der Waals surface area contributed by atoms with Gasteiger partial charge in [-0.2, -0.15) is 0 Å². The lowest BCUT2D eigenvalue weighted by molar-refractivity contribution is 0.245. The number of benzene rings is 1. The van der Waals surface area contributed by atoms with E-state index in [-0.39, 0.29) is 0 Å². The summed E-state index contributed by atoms with van der Waals surface area (Å²) in [7, 11) is 0. The summed E-state index contributed by atoms with van der Waals surface area (Å²) >= 11 is 1.74. The number of aromatic nitrogens is 2. The van der Waals surface area contributed by atoms with Crippen molar-refractivity contribution in [2.24, 2.45) is 0 Å². The molecule has 1 saturated heterocycles. The van der Waals surface area contributed by atoms with Gasteiger partial charge in [-0.05, 0) is 49.6 Å². The summed E-state index contributed by atoms with van der Waals surface area (Å²) in [6.45, 7) is 6.80. The van der Waals surface area contributed by atoms with Gasteiger partial charge in [0.25, 0.3) is 0 Å². The largest absolute Gasteiger partial charge is 0.441 e. The molecule has 1 aliphatic rings. The second-order valence-corrected chi connectivity index (χ2v) is 7.58. The molecule has 6 heteroatoms. The number of pyridine rings is 1. The van der Waals surface area contributed by atoms with E-state index in [1.165, 1.54) is 4.90 Å². The number of aryl methyl sites for hydroxylation is 1. The van der Waals surface area contributed by atoms with Gasteiger partial charge in [-0.1, -0.05) is 6.07 Å². The highest BCUT2D eigenvalue weighted by molar-refractivity contribution is 7.98. The van der Waals surface area contributed by atoms with Crippen molar-refractivity contribution < 1.29 is 4.42 Å². The summed E-state index contributed by atoms with van der Waals surface area (Å²) in [6, 6.07) is 14.4. The second-order valence-electron chi connectivity index (χ2n) is 6.70. The first kappa shape index (κ1) is 18.1. The van der Waals surface area contributed by atoms with E-state index < -0.39 is 0 Å². The topological polar surface area (TPSA) is 45.4 Å². The molecule has 4 rings (SSSR count).